The van der Waals surface area contributed by atoms with Gasteiger partial charge in [-0.15, -0.1) is 0 Å². The molecule has 1 atom stereocenters. The number of rotatable bonds is 7. The van der Waals surface area contributed by atoms with Gasteiger partial charge in [0.2, 0.25) is 0 Å². The first-order valence-electron chi connectivity index (χ1n) is 21.7. The third-order valence-electron chi connectivity index (χ3n) is 12.6. The highest BCUT2D eigenvalue weighted by Crippen LogP contribution is 2.44. The van der Waals surface area contributed by atoms with Gasteiger partial charge in [0.1, 0.15) is 22.7 Å². The summed E-state index contributed by atoms with van der Waals surface area (Å²) >= 11 is 0. The van der Waals surface area contributed by atoms with Crippen molar-refractivity contribution in [3.8, 4) is 61.8 Å². The van der Waals surface area contributed by atoms with Crippen molar-refractivity contribution in [3.05, 3.63) is 229 Å². The minimum Gasteiger partial charge on any atom is -0.457 e. The number of hydrogen-bond donors (Lipinski definition) is 0. The number of aromatic nitrogens is 2. The van der Waals surface area contributed by atoms with Crippen LogP contribution >= 0.6 is 0 Å². The summed E-state index contributed by atoms with van der Waals surface area (Å²) in [7, 11) is 0. The van der Waals surface area contributed by atoms with E-state index in [0.717, 1.165) is 101 Å². The molecular weight excluding hydrogens is 769 g/mol. The summed E-state index contributed by atoms with van der Waals surface area (Å²) in [5.41, 5.74) is 17.7. The molecule has 63 heavy (non-hydrogen) atoms. The molecule has 0 spiro atoms. The summed E-state index contributed by atoms with van der Waals surface area (Å²) in [5, 5.41) is 3.03. The van der Waals surface area contributed by atoms with Gasteiger partial charge in [-0.05, 0) is 76.2 Å². The Kier molecular flexibility index (Phi) is 8.82. The Balaban J connectivity index is 0.980. The molecule has 298 valence electrons. The van der Waals surface area contributed by atoms with E-state index in [4.69, 9.17) is 19.1 Å². The van der Waals surface area contributed by atoms with Crippen LogP contribution in [0.3, 0.4) is 0 Å². The monoisotopic (exact) mass is 808 g/mol. The topological polar surface area (TPSA) is 48.2 Å². The molecule has 12 rings (SSSR count). The standard InChI is InChI=1S/C59H40N2O2/c1-2-45-50(36-51(40-16-7-4-8-17-40)60-57(45)41-28-24-38(25-29-41)37-14-5-3-6-15-37)39-26-30-42(31-27-39)58-56-49-20-10-12-23-54(49)63-59(56)48-33-32-44(34-52(48)61-58)47-21-13-18-43-35-55(47)62-53-22-11-9-19-46(43)53/h3-36,43H,2H2,1H3. The Hall–Kier alpha value is -8.08. The van der Waals surface area contributed by atoms with E-state index >= 15 is 0 Å². The maximum absolute atomic E-state index is 6.70. The average molecular weight is 809 g/mol. The Bertz CT molecular complexity index is 3490. The van der Waals surface area contributed by atoms with Gasteiger partial charge < -0.3 is 9.15 Å². The highest BCUT2D eigenvalue weighted by atomic mass is 16.5. The largest absolute Gasteiger partial charge is 0.457 e. The molecular formula is C59H40N2O2. The lowest BCUT2D eigenvalue weighted by atomic mass is 9.91. The SMILES string of the molecule is CCc1c(-c2ccc(-c3nc4cc(C5=CC=CC6C=C5Oc5ccccc56)ccc4c4oc5ccccc5c34)cc2)cc(-c2ccccc2)nc1-c1ccc(-c2ccccc2)cc1. The first-order valence-corrected chi connectivity index (χ1v) is 21.7. The Morgan fingerprint density at radius 3 is 1.98 bits per heavy atom. The molecule has 1 aliphatic carbocycles. The molecule has 0 saturated carbocycles. The molecule has 10 aromatic rings. The molecule has 1 aliphatic heterocycles. The minimum absolute atomic E-state index is 0.158. The highest BCUT2D eigenvalue weighted by Gasteiger charge is 2.25. The van der Waals surface area contributed by atoms with Gasteiger partial charge in [-0.25, -0.2) is 9.97 Å². The molecule has 2 aliphatic rings. The quantitative estimate of drug-likeness (QED) is 0.161. The lowest BCUT2D eigenvalue weighted by molar-refractivity contribution is 0.429. The molecule has 4 nitrogen and oxygen atoms in total. The zero-order valence-corrected chi connectivity index (χ0v) is 34.6. The lowest BCUT2D eigenvalue weighted by Gasteiger charge is -2.23. The van der Waals surface area contributed by atoms with Gasteiger partial charge >= 0.3 is 0 Å². The van der Waals surface area contributed by atoms with Crippen molar-refractivity contribution >= 4 is 38.4 Å². The normalized spacial score (nSPS) is 14.3. The number of nitrogens with zero attached hydrogens (tertiary/aromatic N) is 2. The fourth-order valence-corrected chi connectivity index (χ4v) is 9.43. The smallest absolute Gasteiger partial charge is 0.147 e. The Morgan fingerprint density at radius 2 is 1.19 bits per heavy atom. The molecule has 0 fully saturated rings. The van der Waals surface area contributed by atoms with Crippen LogP contribution in [0.1, 0.15) is 29.5 Å². The summed E-state index contributed by atoms with van der Waals surface area (Å²) in [4.78, 5) is 10.8. The maximum Gasteiger partial charge on any atom is 0.147 e. The van der Waals surface area contributed by atoms with Crippen LogP contribution in [0.5, 0.6) is 5.75 Å². The summed E-state index contributed by atoms with van der Waals surface area (Å²) in [5.74, 6) is 1.91. The van der Waals surface area contributed by atoms with Crippen LogP contribution in [0.15, 0.2) is 216 Å². The lowest BCUT2D eigenvalue weighted by Crippen LogP contribution is -2.08. The van der Waals surface area contributed by atoms with E-state index in [1.165, 1.54) is 27.8 Å². The number of pyridine rings is 2. The van der Waals surface area contributed by atoms with Crippen molar-refractivity contribution in [2.75, 3.05) is 0 Å². The number of ether oxygens (including phenoxy) is 1. The predicted octanol–water partition coefficient (Wildman–Crippen LogP) is 15.4. The van der Waals surface area contributed by atoms with Crippen LogP contribution in [0.25, 0.3) is 94.4 Å². The highest BCUT2D eigenvalue weighted by molar-refractivity contribution is 6.19. The number of furan rings is 1. The van der Waals surface area contributed by atoms with Crippen molar-refractivity contribution in [1.29, 1.82) is 0 Å². The number of hydrogen-bond acceptors (Lipinski definition) is 4. The van der Waals surface area contributed by atoms with Gasteiger partial charge in [-0.2, -0.15) is 0 Å². The number of benzene rings is 7. The fraction of sp³-hybridized carbons (Fsp3) is 0.0508. The molecule has 0 N–H and O–H groups in total. The van der Waals surface area contributed by atoms with Crippen LogP contribution in [0.2, 0.25) is 0 Å². The molecule has 1 unspecified atom stereocenters. The molecule has 0 amide bonds. The van der Waals surface area contributed by atoms with E-state index in [-0.39, 0.29) is 5.92 Å². The molecule has 4 heteroatoms. The van der Waals surface area contributed by atoms with E-state index in [1.54, 1.807) is 0 Å². The number of para-hydroxylation sites is 2. The van der Waals surface area contributed by atoms with Crippen LogP contribution in [-0.4, -0.2) is 9.97 Å². The second kappa shape index (κ2) is 15.1. The zero-order chi connectivity index (χ0) is 41.9. The maximum atomic E-state index is 6.70. The van der Waals surface area contributed by atoms with E-state index in [1.807, 2.05) is 24.3 Å². The Morgan fingerprint density at radius 1 is 0.540 bits per heavy atom. The third kappa shape index (κ3) is 6.38. The van der Waals surface area contributed by atoms with E-state index in [2.05, 4.69) is 189 Å². The van der Waals surface area contributed by atoms with E-state index in [9.17, 15) is 0 Å². The van der Waals surface area contributed by atoms with Gasteiger partial charge in [-0.3, -0.25) is 0 Å². The van der Waals surface area contributed by atoms with Crippen LogP contribution in [0, 0.1) is 0 Å². The molecule has 7 aromatic carbocycles. The van der Waals surface area contributed by atoms with Crippen LogP contribution in [-0.2, 0) is 6.42 Å². The minimum atomic E-state index is 0.158. The second-order valence-electron chi connectivity index (χ2n) is 16.3. The second-order valence-corrected chi connectivity index (χ2v) is 16.3. The summed E-state index contributed by atoms with van der Waals surface area (Å²) in [6.45, 7) is 2.22. The van der Waals surface area contributed by atoms with E-state index in [0.29, 0.717) is 0 Å². The van der Waals surface area contributed by atoms with Gasteiger partial charge in [0.25, 0.3) is 0 Å². The first kappa shape index (κ1) is 36.7. The van der Waals surface area contributed by atoms with Gasteiger partial charge in [0.15, 0.2) is 0 Å². The van der Waals surface area contributed by atoms with Crippen molar-refractivity contribution in [2.45, 2.75) is 19.3 Å². The van der Waals surface area contributed by atoms with Gasteiger partial charge in [0, 0.05) is 44.5 Å². The fourth-order valence-electron chi connectivity index (χ4n) is 9.43. The van der Waals surface area contributed by atoms with Gasteiger partial charge in [-0.1, -0.05) is 177 Å². The number of fused-ring (bicyclic) bond motifs is 8. The molecule has 0 saturated heterocycles. The van der Waals surface area contributed by atoms with Gasteiger partial charge in [0.05, 0.1) is 28.0 Å². The van der Waals surface area contributed by atoms with E-state index < -0.39 is 0 Å². The third-order valence-corrected chi connectivity index (χ3v) is 12.6. The van der Waals surface area contributed by atoms with Crippen molar-refractivity contribution in [1.82, 2.24) is 9.97 Å². The molecule has 4 heterocycles. The average Bonchev–Trinajstić information content (AvgIpc) is 3.66. The number of allylic oxidation sites excluding steroid dienone is 5. The summed E-state index contributed by atoms with van der Waals surface area (Å²) in [6, 6.07) is 64.0. The predicted molar refractivity (Wildman–Crippen MR) is 258 cm³/mol. The summed E-state index contributed by atoms with van der Waals surface area (Å²) < 4.78 is 13.2. The molecule has 3 aromatic heterocycles. The zero-order valence-electron chi connectivity index (χ0n) is 34.6. The summed E-state index contributed by atoms with van der Waals surface area (Å²) in [6.07, 6.45) is 9.56. The first-order chi connectivity index (χ1) is 31.2. The van der Waals surface area contributed by atoms with Crippen molar-refractivity contribution in [2.24, 2.45) is 0 Å². The van der Waals surface area contributed by atoms with Crippen LogP contribution in [0.4, 0.5) is 0 Å². The molecule has 0 radical (unpaired) electrons. The Labute approximate surface area is 365 Å². The molecule has 2 bridgehead atoms. The van der Waals surface area contributed by atoms with Crippen molar-refractivity contribution < 1.29 is 9.15 Å². The van der Waals surface area contributed by atoms with Crippen molar-refractivity contribution in [3.63, 3.8) is 0 Å². The van der Waals surface area contributed by atoms with Crippen LogP contribution < -0.4 is 4.74 Å².